The fourth-order valence-electron chi connectivity index (χ4n) is 1.47. The molecule has 0 saturated carbocycles. The molecule has 0 bridgehead atoms. The largest absolute Gasteiger partial charge is 0.356 e. The highest BCUT2D eigenvalue weighted by Crippen LogP contribution is 2.12. The lowest BCUT2D eigenvalue weighted by molar-refractivity contribution is -0.0779. The molecule has 14 heavy (non-hydrogen) atoms. The highest BCUT2D eigenvalue weighted by Gasteiger charge is 2.14. The Balaban J connectivity index is 2.81. The summed E-state index contributed by atoms with van der Waals surface area (Å²) in [6, 6.07) is 0. The fraction of sp³-hybridized carbons (Fsp3) is 0.700. The van der Waals surface area contributed by atoms with Crippen LogP contribution in [0.2, 0.25) is 0 Å². The van der Waals surface area contributed by atoms with Gasteiger partial charge < -0.3 is 4.90 Å². The molecule has 4 heteroatoms. The molecule has 1 aliphatic rings. The van der Waals surface area contributed by atoms with E-state index in [0.717, 1.165) is 31.0 Å². The Bertz CT molecular complexity index is 244. The summed E-state index contributed by atoms with van der Waals surface area (Å²) in [5.74, 6) is 0.798. The number of hydrogen-bond donors (Lipinski definition) is 1. The highest BCUT2D eigenvalue weighted by atomic mass is 16.5. The molecule has 0 radical (unpaired) electrons. The molecule has 80 valence electrons. The highest BCUT2D eigenvalue weighted by molar-refractivity contribution is 5.82. The SMILES string of the molecule is CCN(CC)C1=CN=C(C)CCN1O. The molecule has 0 aromatic rings. The second kappa shape index (κ2) is 5.00. The Morgan fingerprint density at radius 1 is 1.50 bits per heavy atom. The third kappa shape index (κ3) is 2.48. The van der Waals surface area contributed by atoms with Gasteiger partial charge in [-0.1, -0.05) is 0 Å². The zero-order valence-corrected chi connectivity index (χ0v) is 9.19. The van der Waals surface area contributed by atoms with Crippen LogP contribution < -0.4 is 0 Å². The number of aliphatic imine (C=N–C) groups is 1. The molecular weight excluding hydrogens is 178 g/mol. The van der Waals surface area contributed by atoms with Crippen molar-refractivity contribution in [3.63, 3.8) is 0 Å². The van der Waals surface area contributed by atoms with Crippen LogP contribution in [0.25, 0.3) is 0 Å². The normalized spacial score (nSPS) is 17.3. The van der Waals surface area contributed by atoms with Gasteiger partial charge in [0.2, 0.25) is 0 Å². The standard InChI is InChI=1S/C10H19N3O/c1-4-12(5-2)10-8-11-9(3)6-7-13(10)14/h8,14H,4-7H2,1-3H3. The maximum Gasteiger partial charge on any atom is 0.147 e. The van der Waals surface area contributed by atoms with E-state index in [1.807, 2.05) is 6.92 Å². The minimum absolute atomic E-state index is 0.623. The molecule has 0 amide bonds. The van der Waals surface area contributed by atoms with Crippen LogP contribution in [0.4, 0.5) is 0 Å². The molecule has 0 atom stereocenters. The van der Waals surface area contributed by atoms with E-state index >= 15 is 0 Å². The van der Waals surface area contributed by atoms with Crippen molar-refractivity contribution >= 4 is 5.71 Å². The summed E-state index contributed by atoms with van der Waals surface area (Å²) in [5.41, 5.74) is 1.06. The minimum Gasteiger partial charge on any atom is -0.356 e. The summed E-state index contributed by atoms with van der Waals surface area (Å²) in [5, 5.41) is 11.0. The Labute approximate surface area is 85.5 Å². The van der Waals surface area contributed by atoms with Gasteiger partial charge in [-0.2, -0.15) is 0 Å². The topological polar surface area (TPSA) is 39.1 Å². The number of hydroxylamine groups is 2. The van der Waals surface area contributed by atoms with E-state index in [0.29, 0.717) is 6.54 Å². The molecule has 4 nitrogen and oxygen atoms in total. The Morgan fingerprint density at radius 3 is 2.71 bits per heavy atom. The molecule has 1 rings (SSSR count). The van der Waals surface area contributed by atoms with Gasteiger partial charge in [-0.15, -0.1) is 0 Å². The van der Waals surface area contributed by atoms with E-state index in [9.17, 15) is 5.21 Å². The van der Waals surface area contributed by atoms with Crippen molar-refractivity contribution in [1.82, 2.24) is 9.96 Å². The Morgan fingerprint density at radius 2 is 2.14 bits per heavy atom. The van der Waals surface area contributed by atoms with Gasteiger partial charge in [0.05, 0.1) is 12.7 Å². The molecule has 0 aliphatic carbocycles. The molecule has 1 N–H and O–H groups in total. The van der Waals surface area contributed by atoms with Crippen LogP contribution in [0.3, 0.4) is 0 Å². The van der Waals surface area contributed by atoms with Crippen LogP contribution in [0.1, 0.15) is 27.2 Å². The van der Waals surface area contributed by atoms with Crippen molar-refractivity contribution in [3.05, 3.63) is 12.0 Å². The molecule has 1 heterocycles. The quantitative estimate of drug-likeness (QED) is 0.748. The van der Waals surface area contributed by atoms with Crippen molar-refractivity contribution in [2.24, 2.45) is 4.99 Å². The summed E-state index contributed by atoms with van der Waals surface area (Å²) in [6.07, 6.45) is 2.56. The lowest BCUT2D eigenvalue weighted by Crippen LogP contribution is -2.33. The first-order valence-corrected chi connectivity index (χ1v) is 5.13. The number of nitrogens with zero attached hydrogens (tertiary/aromatic N) is 3. The van der Waals surface area contributed by atoms with Crippen LogP contribution in [-0.2, 0) is 0 Å². The first kappa shape index (κ1) is 11.0. The predicted octanol–water partition coefficient (Wildman–Crippen LogP) is 1.68. The fourth-order valence-corrected chi connectivity index (χ4v) is 1.47. The van der Waals surface area contributed by atoms with Gasteiger partial charge in [-0.05, 0) is 20.8 Å². The summed E-state index contributed by atoms with van der Waals surface area (Å²) < 4.78 is 0. The minimum atomic E-state index is 0.623. The predicted molar refractivity (Wildman–Crippen MR) is 57.2 cm³/mol. The lowest BCUT2D eigenvalue weighted by atomic mass is 10.3. The first-order chi connectivity index (χ1) is 6.69. The molecule has 0 aromatic carbocycles. The van der Waals surface area contributed by atoms with Gasteiger partial charge >= 0.3 is 0 Å². The van der Waals surface area contributed by atoms with E-state index in [1.54, 1.807) is 6.20 Å². The van der Waals surface area contributed by atoms with Crippen LogP contribution in [0.15, 0.2) is 17.0 Å². The van der Waals surface area contributed by atoms with E-state index in [4.69, 9.17) is 0 Å². The smallest absolute Gasteiger partial charge is 0.147 e. The van der Waals surface area contributed by atoms with Gasteiger partial charge in [0.25, 0.3) is 0 Å². The van der Waals surface area contributed by atoms with Gasteiger partial charge in [0.15, 0.2) is 0 Å². The number of hydrogen-bond acceptors (Lipinski definition) is 4. The number of rotatable bonds is 3. The molecule has 0 fully saturated rings. The molecule has 0 aromatic heterocycles. The van der Waals surface area contributed by atoms with Gasteiger partial charge in [-0.3, -0.25) is 10.2 Å². The van der Waals surface area contributed by atoms with Crippen molar-refractivity contribution in [1.29, 1.82) is 0 Å². The second-order valence-corrected chi connectivity index (χ2v) is 3.40. The van der Waals surface area contributed by atoms with Gasteiger partial charge in [0, 0.05) is 25.2 Å². The van der Waals surface area contributed by atoms with E-state index in [1.165, 1.54) is 5.06 Å². The third-order valence-corrected chi connectivity index (χ3v) is 2.44. The Hall–Kier alpha value is -1.03. The van der Waals surface area contributed by atoms with Crippen LogP contribution in [0.5, 0.6) is 0 Å². The average molecular weight is 197 g/mol. The lowest BCUT2D eigenvalue weighted by Gasteiger charge is -2.28. The summed E-state index contributed by atoms with van der Waals surface area (Å²) in [7, 11) is 0. The van der Waals surface area contributed by atoms with E-state index in [-0.39, 0.29) is 0 Å². The van der Waals surface area contributed by atoms with Gasteiger partial charge in [-0.25, -0.2) is 5.06 Å². The molecule has 1 aliphatic heterocycles. The maximum atomic E-state index is 9.75. The summed E-state index contributed by atoms with van der Waals surface area (Å²) in [4.78, 5) is 6.37. The summed E-state index contributed by atoms with van der Waals surface area (Å²) in [6.45, 7) is 8.51. The average Bonchev–Trinajstić information content (AvgIpc) is 2.34. The first-order valence-electron chi connectivity index (χ1n) is 5.13. The van der Waals surface area contributed by atoms with Crippen molar-refractivity contribution in [3.8, 4) is 0 Å². The second-order valence-electron chi connectivity index (χ2n) is 3.40. The monoisotopic (exact) mass is 197 g/mol. The van der Waals surface area contributed by atoms with Crippen molar-refractivity contribution in [2.75, 3.05) is 19.6 Å². The maximum absolute atomic E-state index is 9.75. The van der Waals surface area contributed by atoms with Crippen molar-refractivity contribution < 1.29 is 5.21 Å². The van der Waals surface area contributed by atoms with Crippen LogP contribution in [0, 0.1) is 0 Å². The molecule has 0 spiro atoms. The Kier molecular flexibility index (Phi) is 3.95. The van der Waals surface area contributed by atoms with E-state index in [2.05, 4.69) is 23.7 Å². The molecule has 0 saturated heterocycles. The van der Waals surface area contributed by atoms with Crippen molar-refractivity contribution in [2.45, 2.75) is 27.2 Å². The van der Waals surface area contributed by atoms with Crippen LogP contribution in [-0.4, -0.2) is 40.5 Å². The molecular formula is C10H19N3O. The van der Waals surface area contributed by atoms with Gasteiger partial charge in [0.1, 0.15) is 5.82 Å². The zero-order valence-electron chi connectivity index (χ0n) is 9.19. The summed E-state index contributed by atoms with van der Waals surface area (Å²) >= 11 is 0. The van der Waals surface area contributed by atoms with Crippen LogP contribution >= 0.6 is 0 Å². The van der Waals surface area contributed by atoms with E-state index < -0.39 is 0 Å². The molecule has 0 unspecified atom stereocenters. The third-order valence-electron chi connectivity index (χ3n) is 2.44. The zero-order chi connectivity index (χ0) is 10.6.